The second kappa shape index (κ2) is 18.3. The van der Waals surface area contributed by atoms with Crippen LogP contribution in [0.2, 0.25) is 0 Å². The van der Waals surface area contributed by atoms with Crippen LogP contribution >= 0.6 is 0 Å². The van der Waals surface area contributed by atoms with E-state index in [-0.39, 0.29) is 13.2 Å². The van der Waals surface area contributed by atoms with Crippen LogP contribution in [-0.2, 0) is 9.47 Å². The quantitative estimate of drug-likeness (QED) is 0.214. The minimum atomic E-state index is -1.03. The summed E-state index contributed by atoms with van der Waals surface area (Å²) in [6, 6.07) is 0. The molecule has 0 bridgehead atoms. The van der Waals surface area contributed by atoms with Gasteiger partial charge in [0.15, 0.2) is 0 Å². The van der Waals surface area contributed by atoms with Crippen molar-refractivity contribution < 1.29 is 24.8 Å². The lowest BCUT2D eigenvalue weighted by Gasteiger charge is -2.20. The second-order valence-corrected chi connectivity index (χ2v) is 8.45. The lowest BCUT2D eigenvalue weighted by molar-refractivity contribution is -0.0813. The molecule has 29 heavy (non-hydrogen) atoms. The van der Waals surface area contributed by atoms with Crippen LogP contribution in [-0.4, -0.2) is 59.6 Å². The molecule has 1 aliphatic heterocycles. The molecule has 0 aromatic rings. The summed E-state index contributed by atoms with van der Waals surface area (Å²) in [5.41, 5.74) is 0. The molecule has 1 rings (SSSR count). The highest BCUT2D eigenvalue weighted by atomic mass is 16.5. The molecule has 172 valence electrons. The van der Waals surface area contributed by atoms with Gasteiger partial charge in [0.1, 0.15) is 24.4 Å². The van der Waals surface area contributed by atoms with Crippen molar-refractivity contribution in [1.82, 2.24) is 0 Å². The van der Waals surface area contributed by atoms with Gasteiger partial charge in [0.2, 0.25) is 0 Å². The van der Waals surface area contributed by atoms with Gasteiger partial charge < -0.3 is 24.8 Å². The fourth-order valence-electron chi connectivity index (χ4n) is 3.84. The van der Waals surface area contributed by atoms with Gasteiger partial charge in [0.05, 0.1) is 13.2 Å². The molecule has 0 saturated carbocycles. The van der Waals surface area contributed by atoms with Crippen molar-refractivity contribution in [2.24, 2.45) is 0 Å². The van der Waals surface area contributed by atoms with Gasteiger partial charge >= 0.3 is 0 Å². The SMILES string of the molecule is C/C=C/CCCCCCCCCCCCCCCOC[C@@H](O)[C@@H]1OC[C@H](O)[C@@H]1O. The zero-order valence-electron chi connectivity index (χ0n) is 18.6. The van der Waals surface area contributed by atoms with Crippen molar-refractivity contribution in [3.05, 3.63) is 12.2 Å². The molecule has 1 aliphatic rings. The molecule has 1 fully saturated rings. The first kappa shape index (κ1) is 26.6. The van der Waals surface area contributed by atoms with E-state index in [2.05, 4.69) is 19.1 Å². The third-order valence-electron chi connectivity index (χ3n) is 5.75. The maximum Gasteiger partial charge on any atom is 0.114 e. The zero-order chi connectivity index (χ0) is 21.2. The molecule has 0 spiro atoms. The molecule has 0 radical (unpaired) electrons. The monoisotopic (exact) mass is 414 g/mol. The van der Waals surface area contributed by atoms with E-state index in [1.165, 1.54) is 77.0 Å². The van der Waals surface area contributed by atoms with E-state index in [9.17, 15) is 15.3 Å². The van der Waals surface area contributed by atoms with Gasteiger partial charge in [-0.3, -0.25) is 0 Å². The Morgan fingerprint density at radius 2 is 1.38 bits per heavy atom. The van der Waals surface area contributed by atoms with E-state index in [0.29, 0.717) is 6.61 Å². The molecule has 3 N–H and O–H groups in total. The van der Waals surface area contributed by atoms with Crippen molar-refractivity contribution in [2.75, 3.05) is 19.8 Å². The average Bonchev–Trinajstić information content (AvgIpc) is 3.05. The molecule has 4 atom stereocenters. The predicted octanol–water partition coefficient (Wildman–Crippen LogP) is 4.52. The normalized spacial score (nSPS) is 23.2. The minimum absolute atomic E-state index is 0.0695. The number of hydrogen-bond acceptors (Lipinski definition) is 5. The van der Waals surface area contributed by atoms with Crippen LogP contribution in [0.15, 0.2) is 12.2 Å². The molecule has 1 saturated heterocycles. The predicted molar refractivity (Wildman–Crippen MR) is 118 cm³/mol. The van der Waals surface area contributed by atoms with Gasteiger partial charge in [-0.1, -0.05) is 82.8 Å². The first-order valence-electron chi connectivity index (χ1n) is 12.0. The van der Waals surface area contributed by atoms with E-state index in [1.54, 1.807) is 0 Å². The van der Waals surface area contributed by atoms with Gasteiger partial charge in [0, 0.05) is 6.61 Å². The lowest BCUT2D eigenvalue weighted by Crippen LogP contribution is -2.40. The fourth-order valence-corrected chi connectivity index (χ4v) is 3.84. The minimum Gasteiger partial charge on any atom is -0.388 e. The van der Waals surface area contributed by atoms with Gasteiger partial charge in [-0.15, -0.1) is 0 Å². The van der Waals surface area contributed by atoms with Gasteiger partial charge in [-0.2, -0.15) is 0 Å². The molecule has 0 amide bonds. The third-order valence-corrected chi connectivity index (χ3v) is 5.75. The topological polar surface area (TPSA) is 79.2 Å². The smallest absolute Gasteiger partial charge is 0.114 e. The molecule has 0 aromatic carbocycles. The Balaban J connectivity index is 1.75. The largest absolute Gasteiger partial charge is 0.388 e. The van der Waals surface area contributed by atoms with Crippen LogP contribution in [0.25, 0.3) is 0 Å². The van der Waals surface area contributed by atoms with Crippen LogP contribution in [0.1, 0.15) is 96.8 Å². The van der Waals surface area contributed by atoms with E-state index in [1.807, 2.05) is 0 Å². The van der Waals surface area contributed by atoms with Crippen LogP contribution < -0.4 is 0 Å². The summed E-state index contributed by atoms with van der Waals surface area (Å²) in [6.07, 6.45) is 19.2. The van der Waals surface area contributed by atoms with Gasteiger partial charge in [-0.25, -0.2) is 0 Å². The summed E-state index contributed by atoms with van der Waals surface area (Å²) in [4.78, 5) is 0. The Hall–Kier alpha value is -0.460. The van der Waals surface area contributed by atoms with E-state index in [0.717, 1.165) is 12.8 Å². The first-order chi connectivity index (χ1) is 14.2. The van der Waals surface area contributed by atoms with Crippen LogP contribution in [0, 0.1) is 0 Å². The molecular formula is C24H46O5. The fraction of sp³-hybridized carbons (Fsp3) is 0.917. The number of rotatable bonds is 19. The number of allylic oxidation sites excluding steroid dienone is 2. The number of ether oxygens (including phenoxy) is 2. The van der Waals surface area contributed by atoms with E-state index >= 15 is 0 Å². The van der Waals surface area contributed by atoms with E-state index < -0.39 is 24.4 Å². The average molecular weight is 415 g/mol. The zero-order valence-corrected chi connectivity index (χ0v) is 18.6. The van der Waals surface area contributed by atoms with Crippen molar-refractivity contribution in [3.63, 3.8) is 0 Å². The molecule has 1 heterocycles. The standard InChI is InChI=1S/C24H46O5/c1-2-3-4-5-6-7-8-9-10-11-12-13-14-15-16-17-18-28-19-22(26)24-23(27)21(25)20-29-24/h2-3,21-27H,4-20H2,1H3/b3-2+/t21-,22+,23-,24-/m0/s1. The van der Waals surface area contributed by atoms with E-state index in [4.69, 9.17) is 9.47 Å². The highest BCUT2D eigenvalue weighted by molar-refractivity contribution is 4.87. The lowest BCUT2D eigenvalue weighted by atomic mass is 10.0. The summed E-state index contributed by atoms with van der Waals surface area (Å²) >= 11 is 0. The summed E-state index contributed by atoms with van der Waals surface area (Å²) in [7, 11) is 0. The summed E-state index contributed by atoms with van der Waals surface area (Å²) in [5, 5.41) is 29.1. The number of aliphatic hydroxyl groups excluding tert-OH is 3. The Morgan fingerprint density at radius 1 is 0.862 bits per heavy atom. The van der Waals surface area contributed by atoms with Crippen molar-refractivity contribution in [1.29, 1.82) is 0 Å². The van der Waals surface area contributed by atoms with Gasteiger partial charge in [0.25, 0.3) is 0 Å². The molecule has 5 nitrogen and oxygen atoms in total. The van der Waals surface area contributed by atoms with Crippen molar-refractivity contribution >= 4 is 0 Å². The summed E-state index contributed by atoms with van der Waals surface area (Å²) in [6.45, 7) is 2.93. The summed E-state index contributed by atoms with van der Waals surface area (Å²) in [5.74, 6) is 0. The Bertz CT molecular complexity index is 387. The maximum absolute atomic E-state index is 9.95. The Morgan fingerprint density at radius 3 is 1.86 bits per heavy atom. The highest BCUT2D eigenvalue weighted by Crippen LogP contribution is 2.18. The molecular weight excluding hydrogens is 368 g/mol. The molecule has 0 aliphatic carbocycles. The second-order valence-electron chi connectivity index (χ2n) is 8.45. The third kappa shape index (κ3) is 13.5. The summed E-state index contributed by atoms with van der Waals surface area (Å²) < 4.78 is 10.7. The van der Waals surface area contributed by atoms with Crippen LogP contribution in [0.4, 0.5) is 0 Å². The highest BCUT2D eigenvalue weighted by Gasteiger charge is 2.39. The Labute approximate surface area is 178 Å². The molecule has 0 unspecified atom stereocenters. The maximum atomic E-state index is 9.95. The Kier molecular flexibility index (Phi) is 16.8. The van der Waals surface area contributed by atoms with Crippen molar-refractivity contribution in [3.8, 4) is 0 Å². The van der Waals surface area contributed by atoms with Crippen LogP contribution in [0.5, 0.6) is 0 Å². The van der Waals surface area contributed by atoms with Gasteiger partial charge in [-0.05, 0) is 26.2 Å². The number of unbranched alkanes of at least 4 members (excludes halogenated alkanes) is 13. The number of hydrogen-bond donors (Lipinski definition) is 3. The molecule has 5 heteroatoms. The number of aliphatic hydroxyl groups is 3. The van der Waals surface area contributed by atoms with Crippen molar-refractivity contribution in [2.45, 2.75) is 121 Å². The van der Waals surface area contributed by atoms with Crippen LogP contribution in [0.3, 0.4) is 0 Å². The first-order valence-corrected chi connectivity index (χ1v) is 12.0. The molecule has 0 aromatic heterocycles.